The number of ether oxygens (including phenoxy) is 1. The van der Waals surface area contributed by atoms with Crippen LogP contribution in [0, 0.1) is 0 Å². The average Bonchev–Trinajstić information content (AvgIpc) is 2.67. The highest BCUT2D eigenvalue weighted by Gasteiger charge is 2.44. The molecule has 1 unspecified atom stereocenters. The molecule has 28 heavy (non-hydrogen) atoms. The highest BCUT2D eigenvalue weighted by molar-refractivity contribution is 6.79. The lowest BCUT2D eigenvalue weighted by Crippen LogP contribution is -2.55. The molecule has 0 N–H and O–H groups in total. The van der Waals surface area contributed by atoms with Crippen LogP contribution >= 0.6 is 0 Å². The van der Waals surface area contributed by atoms with E-state index >= 15 is 0 Å². The third kappa shape index (κ3) is 11.4. The Morgan fingerprint density at radius 3 is 1.39 bits per heavy atom. The van der Waals surface area contributed by atoms with Crippen LogP contribution in [-0.2, 0) is 4.74 Å². The minimum Gasteiger partial charge on any atom is -0.378 e. The summed E-state index contributed by atoms with van der Waals surface area (Å²) in [6.45, 7) is 10.9. The van der Waals surface area contributed by atoms with Gasteiger partial charge >= 0.3 is 0 Å². The smallest absolute Gasteiger partial charge is 0.0824 e. The second kappa shape index (κ2) is 15.9. The van der Waals surface area contributed by atoms with Gasteiger partial charge in [-0.3, -0.25) is 0 Å². The molecule has 0 bridgehead atoms. The van der Waals surface area contributed by atoms with Gasteiger partial charge in [-0.1, -0.05) is 129 Å². The van der Waals surface area contributed by atoms with E-state index in [1.54, 1.807) is 0 Å². The number of unbranched alkanes of at least 4 members (excludes halogenated alkanes) is 15. The third-order valence-electron chi connectivity index (χ3n) is 7.15. The fourth-order valence-electron chi connectivity index (χ4n) is 4.97. The first-order valence-electron chi connectivity index (χ1n) is 13.2. The summed E-state index contributed by atoms with van der Waals surface area (Å²) in [5.41, 5.74) is 0. The molecule has 0 aromatic heterocycles. The van der Waals surface area contributed by atoms with E-state index in [0.717, 1.165) is 6.61 Å². The summed E-state index contributed by atoms with van der Waals surface area (Å²) < 4.78 is 6.42. The molecule has 1 fully saturated rings. The third-order valence-corrected chi connectivity index (χ3v) is 10.5. The Labute approximate surface area is 179 Å². The maximum atomic E-state index is 6.42. The van der Waals surface area contributed by atoms with Crippen molar-refractivity contribution >= 4 is 8.07 Å². The van der Waals surface area contributed by atoms with Gasteiger partial charge in [0.25, 0.3) is 0 Å². The Hall–Kier alpha value is 0.177. The van der Waals surface area contributed by atoms with Gasteiger partial charge in [-0.2, -0.15) is 0 Å². The van der Waals surface area contributed by atoms with E-state index in [1.807, 2.05) is 0 Å². The topological polar surface area (TPSA) is 9.23 Å². The predicted molar refractivity (Wildman–Crippen MR) is 130 cm³/mol. The lowest BCUT2D eigenvalue weighted by atomic mass is 10.0. The largest absolute Gasteiger partial charge is 0.378 e. The van der Waals surface area contributed by atoms with Crippen LogP contribution in [0.5, 0.6) is 0 Å². The van der Waals surface area contributed by atoms with Crippen molar-refractivity contribution in [1.29, 1.82) is 0 Å². The van der Waals surface area contributed by atoms with Crippen LogP contribution in [0.1, 0.15) is 135 Å². The van der Waals surface area contributed by atoms with E-state index in [0.29, 0.717) is 5.22 Å². The Balaban J connectivity index is 1.89. The highest BCUT2D eigenvalue weighted by Crippen LogP contribution is 2.38. The SMILES string of the molecule is CCCCCCCCCCCCCCCCCCC1([Si](C)(C)C)CCCCO1. The number of rotatable bonds is 18. The molecule has 1 atom stereocenters. The first kappa shape index (κ1) is 26.2. The quantitative estimate of drug-likeness (QED) is 0.161. The van der Waals surface area contributed by atoms with Crippen LogP contribution in [0.2, 0.25) is 19.6 Å². The molecule has 1 aliphatic rings. The van der Waals surface area contributed by atoms with E-state index < -0.39 is 8.07 Å². The van der Waals surface area contributed by atoms with Crippen LogP contribution in [-0.4, -0.2) is 19.9 Å². The minimum absolute atomic E-state index is 0.293. The lowest BCUT2D eigenvalue weighted by molar-refractivity contribution is -0.0324. The predicted octanol–water partition coefficient (Wildman–Crippen LogP) is 9.45. The van der Waals surface area contributed by atoms with E-state index in [-0.39, 0.29) is 0 Å². The van der Waals surface area contributed by atoms with Gasteiger partial charge in [0.15, 0.2) is 0 Å². The standard InChI is InChI=1S/C26H54OSi/c1-5-6-7-8-9-10-11-12-13-14-15-16-17-18-19-20-23-26(28(2,3)4)24-21-22-25-27-26/h5-25H2,1-4H3. The van der Waals surface area contributed by atoms with Gasteiger partial charge in [-0.15, -0.1) is 0 Å². The van der Waals surface area contributed by atoms with Crippen molar-refractivity contribution in [1.82, 2.24) is 0 Å². The summed E-state index contributed by atoms with van der Waals surface area (Å²) >= 11 is 0. The van der Waals surface area contributed by atoms with Gasteiger partial charge in [0, 0.05) is 6.61 Å². The Bertz CT molecular complexity index is 341. The normalized spacial score (nSPS) is 20.6. The van der Waals surface area contributed by atoms with Crippen LogP contribution in [0.15, 0.2) is 0 Å². The van der Waals surface area contributed by atoms with Gasteiger partial charge in [0.1, 0.15) is 0 Å². The molecule has 1 aliphatic heterocycles. The Morgan fingerprint density at radius 1 is 0.607 bits per heavy atom. The number of hydrogen-bond acceptors (Lipinski definition) is 1. The van der Waals surface area contributed by atoms with Crippen molar-refractivity contribution in [2.24, 2.45) is 0 Å². The van der Waals surface area contributed by atoms with Gasteiger partial charge in [-0.05, 0) is 25.7 Å². The zero-order valence-corrected chi connectivity index (χ0v) is 21.3. The summed E-state index contributed by atoms with van der Waals surface area (Å²) in [7, 11) is -1.24. The molecule has 0 saturated carbocycles. The van der Waals surface area contributed by atoms with E-state index in [9.17, 15) is 0 Å². The summed E-state index contributed by atoms with van der Waals surface area (Å²) in [5, 5.41) is 0.293. The average molecular weight is 411 g/mol. The molecule has 0 spiro atoms. The lowest BCUT2D eigenvalue weighted by Gasteiger charge is -2.46. The molecule has 0 aromatic rings. The summed E-state index contributed by atoms with van der Waals surface area (Å²) in [6, 6.07) is 0. The fraction of sp³-hybridized carbons (Fsp3) is 1.00. The van der Waals surface area contributed by atoms with Gasteiger partial charge < -0.3 is 4.74 Å². The Morgan fingerprint density at radius 2 is 1.04 bits per heavy atom. The molecule has 0 radical (unpaired) electrons. The summed E-state index contributed by atoms with van der Waals surface area (Å²) in [4.78, 5) is 0. The molecule has 0 aromatic carbocycles. The van der Waals surface area contributed by atoms with Crippen molar-refractivity contribution in [2.75, 3.05) is 6.61 Å². The van der Waals surface area contributed by atoms with Gasteiger partial charge in [0.2, 0.25) is 0 Å². The highest BCUT2D eigenvalue weighted by atomic mass is 28.3. The molecule has 1 saturated heterocycles. The van der Waals surface area contributed by atoms with E-state index in [2.05, 4.69) is 26.6 Å². The molecule has 0 amide bonds. The van der Waals surface area contributed by atoms with Gasteiger partial charge in [0.05, 0.1) is 13.3 Å². The summed E-state index contributed by atoms with van der Waals surface area (Å²) in [6.07, 6.45) is 28.6. The van der Waals surface area contributed by atoms with Crippen molar-refractivity contribution < 1.29 is 4.74 Å². The molecule has 2 heteroatoms. The molecule has 1 rings (SSSR count). The van der Waals surface area contributed by atoms with Gasteiger partial charge in [-0.25, -0.2) is 0 Å². The van der Waals surface area contributed by atoms with Crippen LogP contribution in [0.4, 0.5) is 0 Å². The molecule has 1 heterocycles. The minimum atomic E-state index is -1.24. The second-order valence-corrected chi connectivity index (χ2v) is 16.0. The Kier molecular flexibility index (Phi) is 14.9. The van der Waals surface area contributed by atoms with Crippen molar-refractivity contribution in [3.8, 4) is 0 Å². The van der Waals surface area contributed by atoms with E-state index in [1.165, 1.54) is 128 Å². The zero-order chi connectivity index (χ0) is 20.6. The number of hydrogen-bond donors (Lipinski definition) is 0. The van der Waals surface area contributed by atoms with Crippen molar-refractivity contribution in [2.45, 2.75) is 160 Å². The zero-order valence-electron chi connectivity index (χ0n) is 20.3. The summed E-state index contributed by atoms with van der Waals surface area (Å²) in [5.74, 6) is 0. The second-order valence-electron chi connectivity index (χ2n) is 10.6. The molecule has 168 valence electrons. The maximum Gasteiger partial charge on any atom is 0.0824 e. The fourth-order valence-corrected chi connectivity index (χ4v) is 7.36. The molecular weight excluding hydrogens is 356 g/mol. The molecular formula is C26H54OSi. The monoisotopic (exact) mass is 410 g/mol. The molecule has 1 nitrogen and oxygen atoms in total. The van der Waals surface area contributed by atoms with Crippen molar-refractivity contribution in [3.05, 3.63) is 0 Å². The van der Waals surface area contributed by atoms with Crippen molar-refractivity contribution in [3.63, 3.8) is 0 Å². The van der Waals surface area contributed by atoms with E-state index in [4.69, 9.17) is 4.74 Å². The maximum absolute atomic E-state index is 6.42. The first-order valence-corrected chi connectivity index (χ1v) is 16.7. The van der Waals surface area contributed by atoms with Crippen LogP contribution < -0.4 is 0 Å². The van der Waals surface area contributed by atoms with Crippen LogP contribution in [0.25, 0.3) is 0 Å². The first-order chi connectivity index (χ1) is 13.5. The molecule has 0 aliphatic carbocycles. The van der Waals surface area contributed by atoms with Crippen LogP contribution in [0.3, 0.4) is 0 Å².